The van der Waals surface area contributed by atoms with Crippen LogP contribution in [0, 0.1) is 0 Å². The highest BCUT2D eigenvalue weighted by molar-refractivity contribution is 7.14. The van der Waals surface area contributed by atoms with Crippen LogP contribution in [-0.2, 0) is 0 Å². The molecule has 0 spiro atoms. The lowest BCUT2D eigenvalue weighted by molar-refractivity contribution is 0.0955. The van der Waals surface area contributed by atoms with Crippen LogP contribution in [-0.4, -0.2) is 23.7 Å². The van der Waals surface area contributed by atoms with Crippen LogP contribution in [0.15, 0.2) is 77.2 Å². The highest BCUT2D eigenvalue weighted by Crippen LogP contribution is 2.28. The van der Waals surface area contributed by atoms with Gasteiger partial charge in [0.1, 0.15) is 5.75 Å². The van der Waals surface area contributed by atoms with Gasteiger partial charge in [-0.25, -0.2) is 10.4 Å². The molecule has 0 saturated carbocycles. The standard InChI is InChI=1S/C25H20Cl2N4O2S/c1-2-33-23-12-3-16(13-21(23)27)14-28-31-24(32)18-6-4-17(5-7-18)22-15-34-25(30-22)29-20-10-8-19(26)9-11-20/h3-15H,2H2,1H3,(H,29,30)(H,31,32)/b28-14-. The number of hydrazone groups is 1. The maximum absolute atomic E-state index is 12.4. The van der Waals surface area contributed by atoms with Gasteiger partial charge < -0.3 is 10.1 Å². The van der Waals surface area contributed by atoms with Gasteiger partial charge in [0, 0.05) is 27.2 Å². The molecule has 3 aromatic carbocycles. The summed E-state index contributed by atoms with van der Waals surface area (Å²) in [6.07, 6.45) is 1.53. The van der Waals surface area contributed by atoms with Gasteiger partial charge in [0.2, 0.25) is 0 Å². The molecule has 0 aliphatic rings. The summed E-state index contributed by atoms with van der Waals surface area (Å²) < 4.78 is 5.41. The second-order valence-electron chi connectivity index (χ2n) is 7.07. The molecule has 6 nitrogen and oxygen atoms in total. The quantitative estimate of drug-likeness (QED) is 0.197. The van der Waals surface area contributed by atoms with Crippen molar-refractivity contribution in [3.05, 3.63) is 93.3 Å². The molecular formula is C25H20Cl2N4O2S. The molecule has 0 atom stereocenters. The van der Waals surface area contributed by atoms with Crippen molar-refractivity contribution in [1.82, 2.24) is 10.4 Å². The van der Waals surface area contributed by atoms with Crippen molar-refractivity contribution in [2.24, 2.45) is 5.10 Å². The van der Waals surface area contributed by atoms with E-state index in [-0.39, 0.29) is 5.91 Å². The van der Waals surface area contributed by atoms with Gasteiger partial charge in [-0.15, -0.1) is 11.3 Å². The third-order valence-electron chi connectivity index (χ3n) is 4.68. The number of rotatable bonds is 8. The van der Waals surface area contributed by atoms with Crippen LogP contribution in [0.25, 0.3) is 11.3 Å². The Kier molecular flexibility index (Phi) is 7.80. The smallest absolute Gasteiger partial charge is 0.271 e. The number of benzene rings is 3. The Morgan fingerprint density at radius 3 is 2.56 bits per heavy atom. The summed E-state index contributed by atoms with van der Waals surface area (Å²) in [7, 11) is 0. The SMILES string of the molecule is CCOc1ccc(/C=N\NC(=O)c2ccc(-c3csc(Nc4ccc(Cl)cc4)n3)cc2)cc1Cl. The van der Waals surface area contributed by atoms with Crippen molar-refractivity contribution < 1.29 is 9.53 Å². The van der Waals surface area contributed by atoms with Crippen molar-refractivity contribution in [3.63, 3.8) is 0 Å². The summed E-state index contributed by atoms with van der Waals surface area (Å²) in [5.41, 5.74) is 6.39. The Balaban J connectivity index is 1.35. The molecule has 34 heavy (non-hydrogen) atoms. The molecule has 9 heteroatoms. The van der Waals surface area contributed by atoms with Crippen LogP contribution in [0.4, 0.5) is 10.8 Å². The van der Waals surface area contributed by atoms with E-state index in [0.29, 0.717) is 28.0 Å². The van der Waals surface area contributed by atoms with E-state index in [2.05, 4.69) is 20.8 Å². The van der Waals surface area contributed by atoms with Crippen LogP contribution in [0.2, 0.25) is 10.0 Å². The van der Waals surface area contributed by atoms with E-state index in [0.717, 1.165) is 27.6 Å². The predicted octanol–water partition coefficient (Wildman–Crippen LogP) is 7.02. The van der Waals surface area contributed by atoms with Crippen LogP contribution >= 0.6 is 34.5 Å². The Morgan fingerprint density at radius 2 is 1.85 bits per heavy atom. The number of nitrogens with one attached hydrogen (secondary N) is 2. The number of amides is 1. The summed E-state index contributed by atoms with van der Waals surface area (Å²) >= 11 is 13.6. The molecule has 4 aromatic rings. The summed E-state index contributed by atoms with van der Waals surface area (Å²) in [6.45, 7) is 2.42. The number of ether oxygens (including phenoxy) is 1. The molecular weight excluding hydrogens is 491 g/mol. The first kappa shape index (κ1) is 23.8. The zero-order valence-electron chi connectivity index (χ0n) is 18.1. The lowest BCUT2D eigenvalue weighted by atomic mass is 10.1. The highest BCUT2D eigenvalue weighted by atomic mass is 35.5. The van der Waals surface area contributed by atoms with E-state index >= 15 is 0 Å². The lowest BCUT2D eigenvalue weighted by Crippen LogP contribution is -2.17. The molecule has 4 rings (SSSR count). The average molecular weight is 511 g/mol. The van der Waals surface area contributed by atoms with Gasteiger partial charge >= 0.3 is 0 Å². The Morgan fingerprint density at radius 1 is 1.09 bits per heavy atom. The van der Waals surface area contributed by atoms with Crippen LogP contribution < -0.4 is 15.5 Å². The maximum atomic E-state index is 12.4. The second-order valence-corrected chi connectivity index (χ2v) is 8.77. The van der Waals surface area contributed by atoms with E-state index < -0.39 is 0 Å². The molecule has 0 aliphatic carbocycles. The number of nitrogens with zero attached hydrogens (tertiary/aromatic N) is 2. The summed E-state index contributed by atoms with van der Waals surface area (Å²) in [5.74, 6) is 0.293. The van der Waals surface area contributed by atoms with Crippen LogP contribution in [0.3, 0.4) is 0 Å². The summed E-state index contributed by atoms with van der Waals surface area (Å²) in [5, 5.41) is 11.2. The molecule has 1 heterocycles. The van der Waals surface area contributed by atoms with E-state index in [4.69, 9.17) is 27.9 Å². The number of carbonyl (C=O) groups is 1. The minimum Gasteiger partial charge on any atom is -0.492 e. The van der Waals surface area contributed by atoms with Crippen molar-refractivity contribution >= 4 is 57.5 Å². The number of anilines is 2. The molecule has 0 bridgehead atoms. The minimum atomic E-state index is -0.316. The molecule has 0 radical (unpaired) electrons. The summed E-state index contributed by atoms with van der Waals surface area (Å²) in [6, 6.07) is 19.9. The number of hydrogen-bond acceptors (Lipinski definition) is 6. The monoisotopic (exact) mass is 510 g/mol. The fourth-order valence-electron chi connectivity index (χ4n) is 3.01. The van der Waals surface area contributed by atoms with Crippen molar-refractivity contribution in [1.29, 1.82) is 0 Å². The fourth-order valence-corrected chi connectivity index (χ4v) is 4.12. The Bertz CT molecular complexity index is 1310. The Hall–Kier alpha value is -3.39. The molecule has 1 aromatic heterocycles. The lowest BCUT2D eigenvalue weighted by Gasteiger charge is -2.05. The van der Waals surface area contributed by atoms with Crippen molar-refractivity contribution in [2.45, 2.75) is 6.92 Å². The minimum absolute atomic E-state index is 0.316. The van der Waals surface area contributed by atoms with E-state index in [1.807, 2.05) is 54.8 Å². The zero-order valence-corrected chi connectivity index (χ0v) is 20.4. The average Bonchev–Trinajstić information content (AvgIpc) is 3.31. The topological polar surface area (TPSA) is 75.6 Å². The zero-order chi connectivity index (χ0) is 23.9. The van der Waals surface area contributed by atoms with Gasteiger partial charge in [0.05, 0.1) is 23.5 Å². The van der Waals surface area contributed by atoms with Gasteiger partial charge in [-0.2, -0.15) is 5.10 Å². The van der Waals surface area contributed by atoms with Gasteiger partial charge in [-0.05, 0) is 67.1 Å². The fraction of sp³-hybridized carbons (Fsp3) is 0.0800. The van der Waals surface area contributed by atoms with E-state index in [1.165, 1.54) is 17.6 Å². The van der Waals surface area contributed by atoms with Gasteiger partial charge in [-0.3, -0.25) is 4.79 Å². The van der Waals surface area contributed by atoms with Gasteiger partial charge in [-0.1, -0.05) is 35.3 Å². The van der Waals surface area contributed by atoms with E-state index in [9.17, 15) is 4.79 Å². The summed E-state index contributed by atoms with van der Waals surface area (Å²) in [4.78, 5) is 17.0. The van der Waals surface area contributed by atoms with Crippen LogP contribution in [0.1, 0.15) is 22.8 Å². The van der Waals surface area contributed by atoms with Crippen LogP contribution in [0.5, 0.6) is 5.75 Å². The first-order valence-corrected chi connectivity index (χ1v) is 12.0. The first-order chi connectivity index (χ1) is 16.5. The van der Waals surface area contributed by atoms with Crippen molar-refractivity contribution in [2.75, 3.05) is 11.9 Å². The van der Waals surface area contributed by atoms with Crippen molar-refractivity contribution in [3.8, 4) is 17.0 Å². The largest absolute Gasteiger partial charge is 0.492 e. The van der Waals surface area contributed by atoms with Gasteiger partial charge in [0.15, 0.2) is 5.13 Å². The number of thiazole rings is 1. The number of aromatic nitrogens is 1. The number of halogens is 2. The Labute approximate surface area is 211 Å². The third kappa shape index (κ3) is 6.14. The highest BCUT2D eigenvalue weighted by Gasteiger charge is 2.08. The molecule has 172 valence electrons. The number of hydrogen-bond donors (Lipinski definition) is 2. The molecule has 0 saturated heterocycles. The van der Waals surface area contributed by atoms with Gasteiger partial charge in [0.25, 0.3) is 5.91 Å². The predicted molar refractivity (Wildman–Crippen MR) is 140 cm³/mol. The normalized spacial score (nSPS) is 10.9. The molecule has 0 unspecified atom stereocenters. The van der Waals surface area contributed by atoms with E-state index in [1.54, 1.807) is 24.3 Å². The first-order valence-electron chi connectivity index (χ1n) is 10.4. The second kappa shape index (κ2) is 11.2. The number of carbonyl (C=O) groups excluding carboxylic acids is 1. The molecule has 0 fully saturated rings. The molecule has 0 aliphatic heterocycles. The third-order valence-corrected chi connectivity index (χ3v) is 5.98. The maximum Gasteiger partial charge on any atom is 0.271 e. The molecule has 1 amide bonds. The molecule has 2 N–H and O–H groups in total.